The molecule has 0 unspecified atom stereocenters. The van der Waals surface area contributed by atoms with Gasteiger partial charge in [-0.05, 0) is 57.1 Å². The molecule has 0 saturated heterocycles. The van der Waals surface area contributed by atoms with Gasteiger partial charge in [0.2, 0.25) is 0 Å². The summed E-state index contributed by atoms with van der Waals surface area (Å²) in [5.74, 6) is 1.15. The van der Waals surface area contributed by atoms with Gasteiger partial charge in [0.15, 0.2) is 0 Å². The van der Waals surface area contributed by atoms with Crippen molar-refractivity contribution in [2.75, 3.05) is 18.1 Å². The molecule has 4 nitrogen and oxygen atoms in total. The van der Waals surface area contributed by atoms with E-state index < -0.39 is 0 Å². The number of hydrogen-bond donors (Lipinski definition) is 2. The Kier molecular flexibility index (Phi) is 20.2. The number of benzene rings is 1. The maximum Gasteiger partial charge on any atom is 0.255 e. The fourth-order valence-corrected chi connectivity index (χ4v) is 4.90. The molecule has 0 heterocycles. The predicted octanol–water partition coefficient (Wildman–Crippen LogP) is 7.99. The minimum absolute atomic E-state index is 0.0211. The molecule has 0 radical (unpaired) electrons. The highest BCUT2D eigenvalue weighted by atomic mass is 33.1. The van der Waals surface area contributed by atoms with Gasteiger partial charge in [-0.15, -0.1) is 0 Å². The van der Waals surface area contributed by atoms with E-state index in [2.05, 4.69) is 73.0 Å². The molecule has 0 fully saturated rings. The van der Waals surface area contributed by atoms with E-state index in [1.54, 1.807) is 29.0 Å². The predicted molar refractivity (Wildman–Crippen MR) is 159 cm³/mol. The number of Topliss-reactive ketones (excluding diaryl/α,β-unsaturated/α-hetero) is 1. The Morgan fingerprint density at radius 3 is 2.03 bits per heavy atom. The van der Waals surface area contributed by atoms with Crippen LogP contribution < -0.4 is 5.32 Å². The Labute approximate surface area is 225 Å². The number of allylic oxidation sites excluding steroid dienone is 10. The first-order chi connectivity index (χ1) is 17.6. The molecular weight excluding hydrogens is 486 g/mol. The van der Waals surface area contributed by atoms with Crippen LogP contribution in [0.4, 0.5) is 0 Å². The lowest BCUT2D eigenvalue weighted by Gasteiger charge is -2.06. The van der Waals surface area contributed by atoms with Crippen LogP contribution in [-0.4, -0.2) is 34.8 Å². The number of aromatic hydroxyl groups is 1. The van der Waals surface area contributed by atoms with Gasteiger partial charge in [0.05, 0.1) is 11.3 Å². The zero-order valence-corrected chi connectivity index (χ0v) is 23.1. The van der Waals surface area contributed by atoms with E-state index in [0.29, 0.717) is 24.5 Å². The number of hydrogen-bond acceptors (Lipinski definition) is 5. The van der Waals surface area contributed by atoms with Gasteiger partial charge in [-0.25, -0.2) is 0 Å². The second-order valence-electron chi connectivity index (χ2n) is 8.00. The Morgan fingerprint density at radius 1 is 0.833 bits per heavy atom. The number of unbranched alkanes of at least 4 members (excludes halogenated alkanes) is 1. The Hall–Kier alpha value is -2.44. The fraction of sp³-hybridized carbons (Fsp3) is 0.400. The molecule has 0 spiro atoms. The van der Waals surface area contributed by atoms with Gasteiger partial charge in [0.25, 0.3) is 5.91 Å². The number of phenols is 1. The molecule has 0 aliphatic carbocycles. The van der Waals surface area contributed by atoms with Gasteiger partial charge in [-0.1, -0.05) is 101 Å². The Bertz CT molecular complexity index is 888. The van der Waals surface area contributed by atoms with Crippen molar-refractivity contribution in [2.24, 2.45) is 0 Å². The number of carbonyl (C=O) groups excluding carboxylic acids is 2. The van der Waals surface area contributed by atoms with Gasteiger partial charge in [-0.2, -0.15) is 0 Å². The lowest BCUT2D eigenvalue weighted by Crippen LogP contribution is -2.25. The molecular formula is C30H41NO3S2. The maximum atomic E-state index is 12.0. The summed E-state index contributed by atoms with van der Waals surface area (Å²) in [6.07, 6.45) is 29.3. The van der Waals surface area contributed by atoms with Crippen molar-refractivity contribution in [1.82, 2.24) is 5.32 Å². The van der Waals surface area contributed by atoms with Gasteiger partial charge >= 0.3 is 0 Å². The molecule has 0 saturated carbocycles. The summed E-state index contributed by atoms with van der Waals surface area (Å²) < 4.78 is 0. The summed E-state index contributed by atoms with van der Waals surface area (Å²) >= 11 is 0. The smallest absolute Gasteiger partial charge is 0.255 e. The molecule has 6 heteroatoms. The van der Waals surface area contributed by atoms with Crippen molar-refractivity contribution in [3.05, 3.63) is 90.6 Å². The van der Waals surface area contributed by atoms with Gasteiger partial charge in [0, 0.05) is 18.7 Å². The standard InChI is InChI=1S/C30H41NO3S2/c1-2-3-4-5-6-7-8-9-10-11-12-13-14-15-16-17-18-21-27(32)26-36-35-25-24-31-30(34)28-22-19-20-23-29(28)33/h3-4,6-7,9-10,12-13,15-16,19-20,22-23,33H,2,5,8,11,14,17-18,21,24-26H2,1H3,(H,31,34)/b4-3-,7-6-,10-9-,13-12-,16-15-. The largest absolute Gasteiger partial charge is 0.507 e. The van der Waals surface area contributed by atoms with Gasteiger partial charge in [0.1, 0.15) is 11.5 Å². The molecule has 2 N–H and O–H groups in total. The monoisotopic (exact) mass is 527 g/mol. The van der Waals surface area contributed by atoms with Crippen molar-refractivity contribution in [3.8, 4) is 5.75 Å². The van der Waals surface area contributed by atoms with E-state index in [1.807, 2.05) is 0 Å². The summed E-state index contributed by atoms with van der Waals surface area (Å²) in [5, 5.41) is 12.5. The van der Waals surface area contributed by atoms with Crippen LogP contribution in [0.5, 0.6) is 5.75 Å². The molecule has 196 valence electrons. The molecule has 0 aromatic heterocycles. The summed E-state index contributed by atoms with van der Waals surface area (Å²) in [7, 11) is 3.10. The van der Waals surface area contributed by atoms with Crippen LogP contribution in [0, 0.1) is 0 Å². The number of phenolic OH excluding ortho intramolecular Hbond substituents is 1. The minimum atomic E-state index is -0.287. The zero-order chi connectivity index (χ0) is 26.1. The van der Waals surface area contributed by atoms with Crippen LogP contribution in [0.1, 0.15) is 68.6 Å². The lowest BCUT2D eigenvalue weighted by molar-refractivity contribution is -0.116. The molecule has 1 rings (SSSR count). The highest BCUT2D eigenvalue weighted by molar-refractivity contribution is 8.76. The number of carbonyl (C=O) groups is 2. The number of para-hydroxylation sites is 1. The minimum Gasteiger partial charge on any atom is -0.507 e. The second-order valence-corrected chi connectivity index (χ2v) is 10.6. The Morgan fingerprint density at radius 2 is 1.42 bits per heavy atom. The zero-order valence-electron chi connectivity index (χ0n) is 21.4. The molecule has 36 heavy (non-hydrogen) atoms. The third-order valence-electron chi connectivity index (χ3n) is 4.91. The van der Waals surface area contributed by atoms with Crippen molar-refractivity contribution in [2.45, 2.75) is 58.3 Å². The first kappa shape index (κ1) is 31.6. The number of nitrogens with one attached hydrogen (secondary N) is 1. The van der Waals surface area contributed by atoms with Crippen LogP contribution in [0.3, 0.4) is 0 Å². The second kappa shape index (κ2) is 23.0. The fourth-order valence-electron chi connectivity index (χ4n) is 2.99. The van der Waals surface area contributed by atoms with E-state index in [1.165, 1.54) is 16.9 Å². The number of amides is 1. The molecule has 0 aliphatic heterocycles. The van der Waals surface area contributed by atoms with E-state index >= 15 is 0 Å². The van der Waals surface area contributed by atoms with E-state index in [-0.39, 0.29) is 23.0 Å². The van der Waals surface area contributed by atoms with Crippen molar-refractivity contribution in [3.63, 3.8) is 0 Å². The SMILES string of the molecule is CC/C=C\C/C=C\C/C=C\C/C=C\C/C=C\CCCC(=O)CSSCCNC(=O)c1ccccc1O. The van der Waals surface area contributed by atoms with Crippen LogP contribution in [0.2, 0.25) is 0 Å². The van der Waals surface area contributed by atoms with Crippen molar-refractivity contribution in [1.29, 1.82) is 0 Å². The first-order valence-electron chi connectivity index (χ1n) is 12.7. The quantitative estimate of drug-likeness (QED) is 0.102. The van der Waals surface area contributed by atoms with Crippen LogP contribution in [0.25, 0.3) is 0 Å². The number of ketones is 1. The summed E-state index contributed by atoms with van der Waals surface area (Å²) in [5.41, 5.74) is 0.276. The number of rotatable bonds is 20. The van der Waals surface area contributed by atoms with Crippen molar-refractivity contribution >= 4 is 33.3 Å². The van der Waals surface area contributed by atoms with E-state index in [4.69, 9.17) is 0 Å². The lowest BCUT2D eigenvalue weighted by atomic mass is 10.2. The maximum absolute atomic E-state index is 12.0. The summed E-state index contributed by atoms with van der Waals surface area (Å²) in [6.45, 7) is 2.64. The van der Waals surface area contributed by atoms with Crippen molar-refractivity contribution < 1.29 is 14.7 Å². The van der Waals surface area contributed by atoms with Crippen LogP contribution >= 0.6 is 21.6 Å². The third kappa shape index (κ3) is 17.9. The van der Waals surface area contributed by atoms with Crippen LogP contribution in [-0.2, 0) is 4.79 Å². The Balaban J connectivity index is 1.94. The first-order valence-corrected chi connectivity index (χ1v) is 15.2. The average molecular weight is 528 g/mol. The summed E-state index contributed by atoms with van der Waals surface area (Å²) in [4.78, 5) is 24.0. The normalized spacial score (nSPS) is 12.1. The summed E-state index contributed by atoms with van der Waals surface area (Å²) in [6, 6.07) is 6.48. The third-order valence-corrected chi connectivity index (χ3v) is 7.24. The molecule has 0 atom stereocenters. The topological polar surface area (TPSA) is 66.4 Å². The average Bonchev–Trinajstić information content (AvgIpc) is 2.88. The van der Waals surface area contributed by atoms with Gasteiger partial charge < -0.3 is 10.4 Å². The highest BCUT2D eigenvalue weighted by Gasteiger charge is 2.09. The van der Waals surface area contributed by atoms with Crippen LogP contribution in [0.15, 0.2) is 85.0 Å². The molecule has 0 bridgehead atoms. The molecule has 0 aliphatic rings. The molecule has 1 aromatic rings. The van der Waals surface area contributed by atoms with E-state index in [0.717, 1.165) is 44.9 Å². The molecule has 1 amide bonds. The molecule has 1 aromatic carbocycles. The highest BCUT2D eigenvalue weighted by Crippen LogP contribution is 2.21. The van der Waals surface area contributed by atoms with E-state index in [9.17, 15) is 14.7 Å². The van der Waals surface area contributed by atoms with Gasteiger partial charge in [-0.3, -0.25) is 9.59 Å².